The van der Waals surface area contributed by atoms with Crippen LogP contribution in [-0.4, -0.2) is 60.0 Å². The fourth-order valence-electron chi connectivity index (χ4n) is 6.29. The first kappa shape index (κ1) is 32.6. The van der Waals surface area contributed by atoms with Crippen molar-refractivity contribution in [1.82, 2.24) is 19.9 Å². The van der Waals surface area contributed by atoms with Gasteiger partial charge >= 0.3 is 0 Å². The predicted octanol–water partition coefficient (Wildman–Crippen LogP) is 6.30. The third kappa shape index (κ3) is 7.47. The van der Waals surface area contributed by atoms with E-state index in [0.717, 1.165) is 41.0 Å². The highest BCUT2D eigenvalue weighted by atomic mass is 32.2. The number of benzene rings is 2. The summed E-state index contributed by atoms with van der Waals surface area (Å²) in [5.74, 6) is 0.0876. The van der Waals surface area contributed by atoms with Crippen LogP contribution in [0.5, 0.6) is 5.88 Å². The van der Waals surface area contributed by atoms with Crippen molar-refractivity contribution in [3.05, 3.63) is 94.8 Å². The Bertz CT molecular complexity index is 1860. The molecule has 6 rings (SSSR count). The zero-order chi connectivity index (χ0) is 33.3. The van der Waals surface area contributed by atoms with Crippen molar-refractivity contribution in [2.24, 2.45) is 5.41 Å². The van der Waals surface area contributed by atoms with Crippen LogP contribution in [0.15, 0.2) is 71.8 Å². The summed E-state index contributed by atoms with van der Waals surface area (Å²) in [4.78, 5) is 29.9. The number of pyridine rings is 1. The normalized spacial score (nSPS) is 19.6. The molecule has 10 nitrogen and oxygen atoms in total. The van der Waals surface area contributed by atoms with Crippen LogP contribution in [0.1, 0.15) is 72.3 Å². The molecule has 0 aliphatic carbocycles. The lowest BCUT2D eigenvalue weighted by Crippen LogP contribution is -2.45. The Morgan fingerprint density at radius 1 is 0.979 bits per heavy atom. The summed E-state index contributed by atoms with van der Waals surface area (Å²) in [5, 5.41) is 0. The average Bonchev–Trinajstić information content (AvgIpc) is 3.56. The molecule has 1 fully saturated rings. The van der Waals surface area contributed by atoms with Crippen LogP contribution in [0.3, 0.4) is 0 Å². The van der Waals surface area contributed by atoms with Crippen molar-refractivity contribution in [1.29, 1.82) is 0 Å². The van der Waals surface area contributed by atoms with Crippen LogP contribution in [0.4, 0.5) is 5.95 Å². The molecule has 2 aliphatic heterocycles. The molecular formula is C36H41N5O5S. The van der Waals surface area contributed by atoms with Crippen molar-refractivity contribution < 1.29 is 22.7 Å². The summed E-state index contributed by atoms with van der Waals surface area (Å²) < 4.78 is 41.8. The van der Waals surface area contributed by atoms with Gasteiger partial charge in [-0.25, -0.2) is 18.1 Å². The summed E-state index contributed by atoms with van der Waals surface area (Å²) >= 11 is 0. The Balaban J connectivity index is 1.45. The molecule has 4 aromatic rings. The van der Waals surface area contributed by atoms with Crippen LogP contribution in [0.2, 0.25) is 0 Å². The minimum atomic E-state index is -4.16. The van der Waals surface area contributed by atoms with Gasteiger partial charge in [0.1, 0.15) is 6.61 Å². The van der Waals surface area contributed by atoms with Gasteiger partial charge in [0.15, 0.2) is 0 Å². The Kier molecular flexibility index (Phi) is 9.04. The van der Waals surface area contributed by atoms with Crippen LogP contribution in [0, 0.1) is 19.3 Å². The minimum Gasteiger partial charge on any atom is -0.475 e. The van der Waals surface area contributed by atoms with E-state index in [1.54, 1.807) is 23.1 Å². The Morgan fingerprint density at radius 3 is 2.43 bits per heavy atom. The first-order chi connectivity index (χ1) is 22.4. The topological polar surface area (TPSA) is 124 Å². The Labute approximate surface area is 276 Å². The quantitative estimate of drug-likeness (QED) is 0.266. The monoisotopic (exact) mass is 655 g/mol. The lowest BCUT2D eigenvalue weighted by atomic mass is 9.87. The van der Waals surface area contributed by atoms with E-state index >= 15 is 0 Å². The molecule has 4 bridgehead atoms. The maximum absolute atomic E-state index is 14.4. The first-order valence-electron chi connectivity index (χ1n) is 15.9. The molecule has 2 aromatic carbocycles. The maximum atomic E-state index is 14.4. The van der Waals surface area contributed by atoms with Crippen molar-refractivity contribution in [3.63, 3.8) is 0 Å². The van der Waals surface area contributed by atoms with Crippen molar-refractivity contribution in [2.45, 2.75) is 70.9 Å². The van der Waals surface area contributed by atoms with Crippen LogP contribution < -0.4 is 9.46 Å². The summed E-state index contributed by atoms with van der Waals surface area (Å²) in [6.07, 6.45) is 3.43. The number of hydrogen-bond acceptors (Lipinski definition) is 8. The van der Waals surface area contributed by atoms with Gasteiger partial charge in [-0.1, -0.05) is 51.1 Å². The van der Waals surface area contributed by atoms with Crippen LogP contribution in [0.25, 0.3) is 11.3 Å². The molecule has 0 radical (unpaired) electrons. The number of amides is 1. The number of aromatic nitrogens is 3. The largest absolute Gasteiger partial charge is 0.475 e. The van der Waals surface area contributed by atoms with E-state index in [2.05, 4.69) is 41.5 Å². The van der Waals surface area contributed by atoms with Gasteiger partial charge in [-0.2, -0.15) is 4.98 Å². The second-order valence-electron chi connectivity index (χ2n) is 13.6. The van der Waals surface area contributed by atoms with E-state index < -0.39 is 16.1 Å². The van der Waals surface area contributed by atoms with E-state index in [1.807, 2.05) is 44.3 Å². The van der Waals surface area contributed by atoms with Gasteiger partial charge in [0, 0.05) is 35.9 Å². The SMILES string of the molecule is Cc1cccc(C)c1-c1cc2nc(n1)NS(=O)(=O)c1cccc(c1)C(=O)N(Cc1ccc(C3CCOC3)cn1)[C@H](CC(C)(C)C)CO2. The highest BCUT2D eigenvalue weighted by Crippen LogP contribution is 2.32. The number of nitrogens with one attached hydrogen (secondary N) is 1. The average molecular weight is 656 g/mol. The Hall–Kier alpha value is -4.35. The lowest BCUT2D eigenvalue weighted by molar-refractivity contribution is 0.0509. The van der Waals surface area contributed by atoms with E-state index in [0.29, 0.717) is 24.6 Å². The molecular weight excluding hydrogens is 614 g/mol. The van der Waals surface area contributed by atoms with Gasteiger partial charge in [0.05, 0.1) is 35.5 Å². The summed E-state index contributed by atoms with van der Waals surface area (Å²) in [6, 6.07) is 17.3. The third-order valence-electron chi connectivity index (χ3n) is 8.61. The van der Waals surface area contributed by atoms with Gasteiger partial charge in [0.25, 0.3) is 15.9 Å². The number of carbonyl (C=O) groups excluding carboxylic acids is 1. The third-order valence-corrected chi connectivity index (χ3v) is 9.94. The minimum absolute atomic E-state index is 0.0697. The van der Waals surface area contributed by atoms with E-state index in [9.17, 15) is 13.2 Å². The number of fused-ring (bicyclic) bond motifs is 4. The molecule has 2 aliphatic rings. The van der Waals surface area contributed by atoms with E-state index in [1.165, 1.54) is 12.1 Å². The second-order valence-corrected chi connectivity index (χ2v) is 15.3. The molecule has 1 amide bonds. The fourth-order valence-corrected chi connectivity index (χ4v) is 7.28. The van der Waals surface area contributed by atoms with E-state index in [4.69, 9.17) is 14.5 Å². The molecule has 0 saturated carbocycles. The number of hydrogen-bond donors (Lipinski definition) is 1. The lowest BCUT2D eigenvalue weighted by Gasteiger charge is -2.35. The van der Waals surface area contributed by atoms with E-state index in [-0.39, 0.29) is 46.8 Å². The zero-order valence-corrected chi connectivity index (χ0v) is 28.3. The van der Waals surface area contributed by atoms with Crippen molar-refractivity contribution in [2.75, 3.05) is 24.5 Å². The van der Waals surface area contributed by atoms with Crippen LogP contribution >= 0.6 is 0 Å². The van der Waals surface area contributed by atoms with Gasteiger partial charge in [-0.3, -0.25) is 9.78 Å². The number of ether oxygens (including phenoxy) is 2. The molecule has 1 N–H and O–H groups in total. The van der Waals surface area contributed by atoms with Crippen molar-refractivity contribution >= 4 is 21.9 Å². The molecule has 0 spiro atoms. The number of nitrogens with zero attached hydrogens (tertiary/aromatic N) is 4. The molecule has 1 unspecified atom stereocenters. The van der Waals surface area contributed by atoms with Gasteiger partial charge < -0.3 is 14.4 Å². The fraction of sp³-hybridized carbons (Fsp3) is 0.389. The van der Waals surface area contributed by atoms with Crippen molar-refractivity contribution in [3.8, 4) is 17.1 Å². The molecule has 2 atom stereocenters. The van der Waals surface area contributed by atoms with Gasteiger partial charge in [-0.05, 0) is 73.1 Å². The molecule has 4 heterocycles. The number of sulfonamides is 1. The maximum Gasteiger partial charge on any atom is 0.264 e. The second kappa shape index (κ2) is 13.0. The first-order valence-corrected chi connectivity index (χ1v) is 17.4. The van der Waals surface area contributed by atoms with Gasteiger partial charge in [-0.15, -0.1) is 0 Å². The molecule has 1 saturated heterocycles. The smallest absolute Gasteiger partial charge is 0.264 e. The molecule has 2 aromatic heterocycles. The van der Waals surface area contributed by atoms with Crippen LogP contribution in [-0.2, 0) is 21.3 Å². The number of carbonyl (C=O) groups is 1. The Morgan fingerprint density at radius 2 is 1.74 bits per heavy atom. The summed E-state index contributed by atoms with van der Waals surface area (Å²) in [6.45, 7) is 12.1. The number of anilines is 1. The number of rotatable bonds is 5. The highest BCUT2D eigenvalue weighted by molar-refractivity contribution is 7.92. The standard InChI is InChI=1S/C36H41N5O5S/c1-23-8-6-9-24(2)33(23)31-17-32-39-35(38-31)40-47(43,44)30-11-7-10-25(16-30)34(42)41(29(22-46-32)18-36(3,4)5)20-28-13-12-26(19-37-28)27-14-15-45-21-27/h6-13,16-17,19,27,29H,14-15,18,20-22H2,1-5H3,(H,38,39,40)/t27?,29-/m1/s1. The number of aryl methyl sites for hydroxylation is 2. The summed E-state index contributed by atoms with van der Waals surface area (Å²) in [7, 11) is -4.16. The summed E-state index contributed by atoms with van der Waals surface area (Å²) in [5.41, 5.74) is 5.27. The molecule has 11 heteroatoms. The molecule has 47 heavy (non-hydrogen) atoms. The zero-order valence-electron chi connectivity index (χ0n) is 27.5. The van der Waals surface area contributed by atoms with Gasteiger partial charge in [0.2, 0.25) is 11.8 Å². The molecule has 246 valence electrons. The predicted molar refractivity (Wildman–Crippen MR) is 180 cm³/mol. The highest BCUT2D eigenvalue weighted by Gasteiger charge is 2.32.